The minimum Gasteiger partial charge on any atom is -0.265 e. The van der Waals surface area contributed by atoms with Crippen LogP contribution in [0.25, 0.3) is 11.3 Å². The van der Waals surface area contributed by atoms with E-state index in [1.54, 1.807) is 0 Å². The van der Waals surface area contributed by atoms with Crippen LogP contribution in [0.1, 0.15) is 37.8 Å². The van der Waals surface area contributed by atoms with Gasteiger partial charge in [-0.2, -0.15) is 0 Å². The molecule has 0 bridgehead atoms. The van der Waals surface area contributed by atoms with Gasteiger partial charge in [0.25, 0.3) is 0 Å². The highest BCUT2D eigenvalue weighted by molar-refractivity contribution is 5.64. The van der Waals surface area contributed by atoms with Crippen molar-refractivity contribution in [1.29, 1.82) is 0 Å². The molecule has 17 heavy (non-hydrogen) atoms. The van der Waals surface area contributed by atoms with E-state index >= 15 is 0 Å². The molecule has 0 atom stereocenters. The fourth-order valence-electron chi connectivity index (χ4n) is 2.21. The molecule has 0 saturated carbocycles. The van der Waals surface area contributed by atoms with Crippen LogP contribution in [-0.2, 0) is 6.42 Å². The lowest BCUT2D eigenvalue weighted by Crippen LogP contribution is -2.01. The standard InChI is InChI=1S/C15H18N2/c1-4-12-7-10-17-15(14(12)11(2)3)13-5-8-16-9-6-13/h5-11H,4H2,1-3H3. The Labute approximate surface area is 103 Å². The number of pyridine rings is 2. The van der Waals surface area contributed by atoms with Crippen LogP contribution >= 0.6 is 0 Å². The molecule has 2 heterocycles. The van der Waals surface area contributed by atoms with Gasteiger partial charge in [-0.25, -0.2) is 0 Å². The highest BCUT2D eigenvalue weighted by Gasteiger charge is 2.13. The van der Waals surface area contributed by atoms with Crippen molar-refractivity contribution in [2.45, 2.75) is 33.1 Å². The van der Waals surface area contributed by atoms with Gasteiger partial charge in [-0.05, 0) is 41.7 Å². The molecule has 0 aliphatic carbocycles. The van der Waals surface area contributed by atoms with E-state index in [4.69, 9.17) is 0 Å². The normalized spacial score (nSPS) is 10.8. The second-order valence-corrected chi connectivity index (χ2v) is 4.48. The Morgan fingerprint density at radius 3 is 2.35 bits per heavy atom. The smallest absolute Gasteiger partial charge is 0.0740 e. The molecule has 0 aromatic carbocycles. The molecule has 2 nitrogen and oxygen atoms in total. The van der Waals surface area contributed by atoms with E-state index in [0.717, 1.165) is 17.7 Å². The lowest BCUT2D eigenvalue weighted by atomic mass is 9.92. The molecular weight excluding hydrogens is 208 g/mol. The fraction of sp³-hybridized carbons (Fsp3) is 0.333. The lowest BCUT2D eigenvalue weighted by molar-refractivity contribution is 0.838. The molecule has 0 amide bonds. The van der Waals surface area contributed by atoms with Crippen molar-refractivity contribution in [3.63, 3.8) is 0 Å². The predicted octanol–water partition coefficient (Wildman–Crippen LogP) is 3.83. The zero-order chi connectivity index (χ0) is 12.3. The van der Waals surface area contributed by atoms with Crippen molar-refractivity contribution >= 4 is 0 Å². The summed E-state index contributed by atoms with van der Waals surface area (Å²) >= 11 is 0. The van der Waals surface area contributed by atoms with Crippen LogP contribution in [0.3, 0.4) is 0 Å². The lowest BCUT2D eigenvalue weighted by Gasteiger charge is -2.16. The minimum atomic E-state index is 0.488. The molecule has 0 fully saturated rings. The van der Waals surface area contributed by atoms with Crippen molar-refractivity contribution in [3.8, 4) is 11.3 Å². The molecule has 2 aromatic heterocycles. The molecule has 88 valence electrons. The van der Waals surface area contributed by atoms with Crippen molar-refractivity contribution in [3.05, 3.63) is 47.9 Å². The first-order chi connectivity index (χ1) is 8.24. The van der Waals surface area contributed by atoms with E-state index in [2.05, 4.69) is 36.8 Å². The first kappa shape index (κ1) is 11.8. The molecule has 0 saturated heterocycles. The maximum atomic E-state index is 4.55. The molecule has 2 heteroatoms. The van der Waals surface area contributed by atoms with Crippen molar-refractivity contribution in [1.82, 2.24) is 9.97 Å². The Morgan fingerprint density at radius 1 is 1.06 bits per heavy atom. The topological polar surface area (TPSA) is 25.8 Å². The van der Waals surface area contributed by atoms with Gasteiger partial charge in [-0.1, -0.05) is 20.8 Å². The van der Waals surface area contributed by atoms with Crippen LogP contribution in [0.4, 0.5) is 0 Å². The summed E-state index contributed by atoms with van der Waals surface area (Å²) in [4.78, 5) is 8.61. The van der Waals surface area contributed by atoms with Crippen LogP contribution in [0.15, 0.2) is 36.8 Å². The average Bonchev–Trinajstić information content (AvgIpc) is 2.38. The summed E-state index contributed by atoms with van der Waals surface area (Å²) in [5, 5.41) is 0. The Balaban J connectivity index is 2.62. The fourth-order valence-corrected chi connectivity index (χ4v) is 2.21. The zero-order valence-corrected chi connectivity index (χ0v) is 10.6. The molecule has 0 N–H and O–H groups in total. The SMILES string of the molecule is CCc1ccnc(-c2ccncc2)c1C(C)C. The van der Waals surface area contributed by atoms with E-state index in [9.17, 15) is 0 Å². The van der Waals surface area contributed by atoms with Crippen LogP contribution in [0.2, 0.25) is 0 Å². The summed E-state index contributed by atoms with van der Waals surface area (Å²) in [5.41, 5.74) is 5.00. The second kappa shape index (κ2) is 5.09. The quantitative estimate of drug-likeness (QED) is 0.795. The Kier molecular flexibility index (Phi) is 3.52. The second-order valence-electron chi connectivity index (χ2n) is 4.48. The molecule has 0 spiro atoms. The third-order valence-electron chi connectivity index (χ3n) is 2.99. The maximum Gasteiger partial charge on any atom is 0.0740 e. The molecule has 0 unspecified atom stereocenters. The van der Waals surface area contributed by atoms with Crippen LogP contribution in [0.5, 0.6) is 0 Å². The molecule has 2 rings (SSSR count). The van der Waals surface area contributed by atoms with Gasteiger partial charge in [-0.3, -0.25) is 9.97 Å². The van der Waals surface area contributed by atoms with Gasteiger partial charge in [0.2, 0.25) is 0 Å². The number of hydrogen-bond acceptors (Lipinski definition) is 2. The van der Waals surface area contributed by atoms with E-state index in [1.807, 2.05) is 30.7 Å². The van der Waals surface area contributed by atoms with Crippen molar-refractivity contribution in [2.24, 2.45) is 0 Å². The summed E-state index contributed by atoms with van der Waals surface area (Å²) in [7, 11) is 0. The van der Waals surface area contributed by atoms with Crippen LogP contribution in [0, 0.1) is 0 Å². The zero-order valence-electron chi connectivity index (χ0n) is 10.6. The predicted molar refractivity (Wildman–Crippen MR) is 70.9 cm³/mol. The van der Waals surface area contributed by atoms with Gasteiger partial charge in [0, 0.05) is 24.2 Å². The summed E-state index contributed by atoms with van der Waals surface area (Å²) in [6.45, 7) is 6.64. The number of nitrogens with zero attached hydrogens (tertiary/aromatic N) is 2. The van der Waals surface area contributed by atoms with Gasteiger partial charge in [0.15, 0.2) is 0 Å². The summed E-state index contributed by atoms with van der Waals surface area (Å²) in [6.07, 6.45) is 6.59. The highest BCUT2D eigenvalue weighted by atomic mass is 14.7. The Morgan fingerprint density at radius 2 is 1.76 bits per heavy atom. The van der Waals surface area contributed by atoms with E-state index in [1.165, 1.54) is 11.1 Å². The Bertz CT molecular complexity index is 490. The summed E-state index contributed by atoms with van der Waals surface area (Å²) in [6, 6.07) is 6.17. The van der Waals surface area contributed by atoms with Crippen LogP contribution < -0.4 is 0 Å². The van der Waals surface area contributed by atoms with E-state index in [-0.39, 0.29) is 0 Å². The van der Waals surface area contributed by atoms with Gasteiger partial charge < -0.3 is 0 Å². The molecule has 0 aliphatic heterocycles. The average molecular weight is 226 g/mol. The largest absolute Gasteiger partial charge is 0.265 e. The number of aryl methyl sites for hydroxylation is 1. The number of hydrogen-bond donors (Lipinski definition) is 0. The van der Waals surface area contributed by atoms with E-state index < -0.39 is 0 Å². The van der Waals surface area contributed by atoms with Gasteiger partial charge in [0.1, 0.15) is 0 Å². The first-order valence-electron chi connectivity index (χ1n) is 6.12. The van der Waals surface area contributed by atoms with Gasteiger partial charge in [0.05, 0.1) is 5.69 Å². The van der Waals surface area contributed by atoms with Crippen molar-refractivity contribution < 1.29 is 0 Å². The summed E-state index contributed by atoms with van der Waals surface area (Å²) in [5.74, 6) is 0.488. The first-order valence-corrected chi connectivity index (χ1v) is 6.12. The van der Waals surface area contributed by atoms with Gasteiger partial charge in [-0.15, -0.1) is 0 Å². The van der Waals surface area contributed by atoms with Crippen molar-refractivity contribution in [2.75, 3.05) is 0 Å². The molecule has 0 radical (unpaired) electrons. The molecule has 0 aliphatic rings. The Hall–Kier alpha value is -1.70. The highest BCUT2D eigenvalue weighted by Crippen LogP contribution is 2.29. The molecule has 2 aromatic rings. The third kappa shape index (κ3) is 2.36. The van der Waals surface area contributed by atoms with E-state index in [0.29, 0.717) is 5.92 Å². The van der Waals surface area contributed by atoms with Crippen LogP contribution in [-0.4, -0.2) is 9.97 Å². The summed E-state index contributed by atoms with van der Waals surface area (Å²) < 4.78 is 0. The van der Waals surface area contributed by atoms with Gasteiger partial charge >= 0.3 is 0 Å². The minimum absolute atomic E-state index is 0.488. The third-order valence-corrected chi connectivity index (χ3v) is 2.99. The maximum absolute atomic E-state index is 4.55. The molecular formula is C15H18N2. The monoisotopic (exact) mass is 226 g/mol. The number of rotatable bonds is 3. The number of aromatic nitrogens is 2.